The van der Waals surface area contributed by atoms with E-state index in [4.69, 9.17) is 9.15 Å². The first-order valence-corrected chi connectivity index (χ1v) is 11.0. The minimum Gasteiger partial charge on any atom is -0.497 e. The average molecular weight is 413 g/mol. The Morgan fingerprint density at radius 3 is 2.40 bits per heavy atom. The lowest BCUT2D eigenvalue weighted by Gasteiger charge is -2.34. The summed E-state index contributed by atoms with van der Waals surface area (Å²) in [7, 11) is 1.69. The zero-order chi connectivity index (χ0) is 20.8. The molecule has 162 valence electrons. The number of ether oxygens (including phenoxy) is 1. The van der Waals surface area contributed by atoms with Gasteiger partial charge in [-0.25, -0.2) is 4.98 Å². The number of benzene rings is 1. The Hall–Kier alpha value is -2.38. The summed E-state index contributed by atoms with van der Waals surface area (Å²) in [6.07, 6.45) is 7.29. The summed E-state index contributed by atoms with van der Waals surface area (Å²) < 4.78 is 10.8. The Bertz CT molecular complexity index is 806. The van der Waals surface area contributed by atoms with Crippen LogP contribution in [-0.2, 0) is 13.1 Å². The van der Waals surface area contributed by atoms with Gasteiger partial charge in [0, 0.05) is 38.8 Å². The van der Waals surface area contributed by atoms with Gasteiger partial charge in [-0.2, -0.15) is 0 Å². The summed E-state index contributed by atoms with van der Waals surface area (Å²) in [4.78, 5) is 21.6. The molecule has 0 radical (unpaired) electrons. The first kappa shape index (κ1) is 20.9. The van der Waals surface area contributed by atoms with E-state index in [1.807, 2.05) is 12.1 Å². The predicted octanol–water partition coefficient (Wildman–Crippen LogP) is 3.06. The van der Waals surface area contributed by atoms with Gasteiger partial charge in [0.2, 0.25) is 5.89 Å². The van der Waals surface area contributed by atoms with Gasteiger partial charge in [0.05, 0.1) is 13.7 Å². The van der Waals surface area contributed by atoms with E-state index in [-0.39, 0.29) is 11.9 Å². The molecule has 0 spiro atoms. The van der Waals surface area contributed by atoms with Crippen LogP contribution in [0.4, 0.5) is 0 Å². The monoisotopic (exact) mass is 412 g/mol. The first-order chi connectivity index (χ1) is 14.7. The van der Waals surface area contributed by atoms with Crippen LogP contribution in [0.2, 0.25) is 0 Å². The molecule has 0 bridgehead atoms. The van der Waals surface area contributed by atoms with Gasteiger partial charge in [0.25, 0.3) is 5.91 Å². The number of nitrogens with one attached hydrogen (secondary N) is 1. The number of oxazole rings is 1. The van der Waals surface area contributed by atoms with E-state index in [1.165, 1.54) is 31.1 Å². The molecule has 1 N–H and O–H groups in total. The van der Waals surface area contributed by atoms with E-state index >= 15 is 0 Å². The molecule has 4 rings (SSSR count). The molecule has 2 aliphatic rings. The molecule has 0 unspecified atom stereocenters. The maximum absolute atomic E-state index is 12.4. The van der Waals surface area contributed by atoms with Crippen molar-refractivity contribution in [3.8, 4) is 5.75 Å². The standard InChI is InChI=1S/C23H32N4O3/c1-29-20-9-7-18(8-10-20)15-26-11-13-27(14-12-26)16-22-25-21(17-30-22)23(28)24-19-5-3-2-4-6-19/h7-10,17,19H,2-6,11-16H2,1H3,(H,24,28). The van der Waals surface area contributed by atoms with Crippen molar-refractivity contribution in [3.05, 3.63) is 47.7 Å². The molecular weight excluding hydrogens is 380 g/mol. The number of hydrogen-bond donors (Lipinski definition) is 1. The molecule has 2 heterocycles. The summed E-state index contributed by atoms with van der Waals surface area (Å²) >= 11 is 0. The molecular formula is C23H32N4O3. The summed E-state index contributed by atoms with van der Waals surface area (Å²) in [5.41, 5.74) is 1.69. The number of piperazine rings is 1. The van der Waals surface area contributed by atoms with Gasteiger partial charge >= 0.3 is 0 Å². The second kappa shape index (κ2) is 10.1. The van der Waals surface area contributed by atoms with Crippen LogP contribution in [0.5, 0.6) is 5.75 Å². The molecule has 1 aromatic heterocycles. The topological polar surface area (TPSA) is 70.8 Å². The van der Waals surface area contributed by atoms with Crippen molar-refractivity contribution < 1.29 is 13.9 Å². The SMILES string of the molecule is COc1ccc(CN2CCN(Cc3nc(C(=O)NC4CCCCC4)co3)CC2)cc1. The number of methoxy groups -OCH3 is 1. The van der Waals surface area contributed by atoms with Gasteiger partial charge in [0.1, 0.15) is 12.0 Å². The summed E-state index contributed by atoms with van der Waals surface area (Å²) in [5, 5.41) is 3.10. The fourth-order valence-corrected chi connectivity index (χ4v) is 4.28. The van der Waals surface area contributed by atoms with Crippen molar-refractivity contribution in [2.45, 2.75) is 51.2 Å². The molecule has 1 saturated heterocycles. The van der Waals surface area contributed by atoms with Crippen molar-refractivity contribution in [2.75, 3.05) is 33.3 Å². The number of nitrogens with zero attached hydrogens (tertiary/aromatic N) is 3. The highest BCUT2D eigenvalue weighted by molar-refractivity contribution is 5.92. The number of carbonyl (C=O) groups excluding carboxylic acids is 1. The van der Waals surface area contributed by atoms with E-state index in [1.54, 1.807) is 7.11 Å². The van der Waals surface area contributed by atoms with Gasteiger partial charge in [-0.1, -0.05) is 31.4 Å². The Balaban J connectivity index is 1.21. The third-order valence-electron chi connectivity index (χ3n) is 6.11. The number of carbonyl (C=O) groups is 1. The molecule has 1 saturated carbocycles. The molecule has 7 nitrogen and oxygen atoms in total. The van der Waals surface area contributed by atoms with Crippen LogP contribution in [0.1, 0.15) is 54.0 Å². The zero-order valence-corrected chi connectivity index (χ0v) is 17.8. The molecule has 30 heavy (non-hydrogen) atoms. The van der Waals surface area contributed by atoms with Crippen LogP contribution >= 0.6 is 0 Å². The van der Waals surface area contributed by atoms with E-state index in [2.05, 4.69) is 32.2 Å². The Labute approximate surface area is 178 Å². The second-order valence-corrected chi connectivity index (χ2v) is 8.34. The first-order valence-electron chi connectivity index (χ1n) is 11.0. The van der Waals surface area contributed by atoms with Crippen LogP contribution in [0, 0.1) is 0 Å². The van der Waals surface area contributed by atoms with E-state index < -0.39 is 0 Å². The lowest BCUT2D eigenvalue weighted by molar-refractivity contribution is 0.0922. The fraction of sp³-hybridized carbons (Fsp3) is 0.565. The molecule has 2 aromatic rings. The van der Waals surface area contributed by atoms with Crippen LogP contribution in [0.15, 0.2) is 34.9 Å². The van der Waals surface area contributed by atoms with Crippen LogP contribution in [0.25, 0.3) is 0 Å². The normalized spacial score (nSPS) is 19.0. The molecule has 1 aromatic carbocycles. The number of aromatic nitrogens is 1. The molecule has 1 aliphatic heterocycles. The van der Waals surface area contributed by atoms with E-state index in [0.717, 1.165) is 51.3 Å². The zero-order valence-electron chi connectivity index (χ0n) is 17.8. The Kier molecular flexibility index (Phi) is 7.02. The average Bonchev–Trinajstić information content (AvgIpc) is 3.25. The number of rotatable bonds is 7. The summed E-state index contributed by atoms with van der Waals surface area (Å²) in [6, 6.07) is 8.55. The Morgan fingerprint density at radius 2 is 1.73 bits per heavy atom. The minimum absolute atomic E-state index is 0.110. The van der Waals surface area contributed by atoms with Crippen molar-refractivity contribution in [3.63, 3.8) is 0 Å². The second-order valence-electron chi connectivity index (χ2n) is 8.34. The van der Waals surface area contributed by atoms with Gasteiger partial charge in [-0.3, -0.25) is 14.6 Å². The predicted molar refractivity (Wildman–Crippen MR) is 114 cm³/mol. The van der Waals surface area contributed by atoms with Gasteiger partial charge in [-0.05, 0) is 30.5 Å². The maximum atomic E-state index is 12.4. The highest BCUT2D eigenvalue weighted by Crippen LogP contribution is 2.18. The van der Waals surface area contributed by atoms with Gasteiger partial charge < -0.3 is 14.5 Å². The van der Waals surface area contributed by atoms with E-state index in [0.29, 0.717) is 18.1 Å². The van der Waals surface area contributed by atoms with Crippen LogP contribution in [0.3, 0.4) is 0 Å². The van der Waals surface area contributed by atoms with Gasteiger partial charge in [-0.15, -0.1) is 0 Å². The lowest BCUT2D eigenvalue weighted by Crippen LogP contribution is -2.45. The largest absolute Gasteiger partial charge is 0.497 e. The smallest absolute Gasteiger partial charge is 0.273 e. The third kappa shape index (κ3) is 5.61. The van der Waals surface area contributed by atoms with E-state index in [9.17, 15) is 4.79 Å². The molecule has 0 atom stereocenters. The summed E-state index contributed by atoms with van der Waals surface area (Å²) in [6.45, 7) is 5.52. The van der Waals surface area contributed by atoms with Crippen LogP contribution in [-0.4, -0.2) is 60.0 Å². The van der Waals surface area contributed by atoms with Crippen molar-refractivity contribution in [1.82, 2.24) is 20.1 Å². The Morgan fingerprint density at radius 1 is 1.07 bits per heavy atom. The minimum atomic E-state index is -0.110. The quantitative estimate of drug-likeness (QED) is 0.754. The molecule has 7 heteroatoms. The fourth-order valence-electron chi connectivity index (χ4n) is 4.28. The molecule has 1 aliphatic carbocycles. The number of amides is 1. The van der Waals surface area contributed by atoms with Gasteiger partial charge in [0.15, 0.2) is 5.69 Å². The number of hydrogen-bond acceptors (Lipinski definition) is 6. The maximum Gasteiger partial charge on any atom is 0.273 e. The third-order valence-corrected chi connectivity index (χ3v) is 6.11. The molecule has 1 amide bonds. The van der Waals surface area contributed by atoms with Crippen molar-refractivity contribution in [1.29, 1.82) is 0 Å². The van der Waals surface area contributed by atoms with Crippen molar-refractivity contribution >= 4 is 5.91 Å². The van der Waals surface area contributed by atoms with Crippen molar-refractivity contribution in [2.24, 2.45) is 0 Å². The van der Waals surface area contributed by atoms with Crippen LogP contribution < -0.4 is 10.1 Å². The highest BCUT2D eigenvalue weighted by atomic mass is 16.5. The highest BCUT2D eigenvalue weighted by Gasteiger charge is 2.21. The lowest BCUT2D eigenvalue weighted by atomic mass is 9.95. The molecule has 2 fully saturated rings. The summed E-state index contributed by atoms with van der Waals surface area (Å²) in [5.74, 6) is 1.40.